The molecule has 1 aromatic rings. The van der Waals surface area contributed by atoms with Crippen LogP contribution in [0.4, 0.5) is 0 Å². The van der Waals surface area contributed by atoms with E-state index in [-0.39, 0.29) is 5.71 Å². The number of esters is 1. The average molecular weight is 288 g/mol. The van der Waals surface area contributed by atoms with E-state index in [9.17, 15) is 9.59 Å². The summed E-state index contributed by atoms with van der Waals surface area (Å²) in [6.45, 7) is 2.31. The first-order chi connectivity index (χ1) is 9.95. The van der Waals surface area contributed by atoms with E-state index >= 15 is 0 Å². The second kappa shape index (κ2) is 7.80. The zero-order valence-electron chi connectivity index (χ0n) is 11.8. The summed E-state index contributed by atoms with van der Waals surface area (Å²) in [5, 5.41) is 16.1. The monoisotopic (exact) mass is 288 g/mol. The van der Waals surface area contributed by atoms with Crippen molar-refractivity contribution in [1.82, 2.24) is 0 Å². The average Bonchev–Trinajstić information content (AvgIpc) is 2.46. The van der Waals surface area contributed by atoms with Crippen LogP contribution in [0.1, 0.15) is 13.8 Å². The number of benzene rings is 1. The maximum Gasteiger partial charge on any atom is 0.347 e. The Labute approximate surface area is 122 Å². The highest BCUT2D eigenvalue weighted by Gasteiger charge is 2.23. The number of nitrogens with zero attached hydrogens (tertiary/aromatic N) is 1. The summed E-state index contributed by atoms with van der Waals surface area (Å²) in [6.07, 6.45) is -0.873. The van der Waals surface area contributed by atoms with Crippen LogP contribution in [-0.2, 0) is 14.3 Å². The molecule has 0 amide bonds. The van der Waals surface area contributed by atoms with Crippen LogP contribution in [0.15, 0.2) is 30.3 Å². The molecule has 0 saturated carbocycles. The molecule has 0 aliphatic heterocycles. The summed E-state index contributed by atoms with van der Waals surface area (Å²) in [5.41, 5.74) is -0.0767. The number of nitriles is 1. The predicted octanol–water partition coefficient (Wildman–Crippen LogP) is 1.75. The van der Waals surface area contributed by atoms with Gasteiger partial charge in [-0.05, 0) is 26.0 Å². The highest BCUT2D eigenvalue weighted by molar-refractivity contribution is 6.06. The van der Waals surface area contributed by atoms with E-state index in [2.05, 4.69) is 0 Å². The van der Waals surface area contributed by atoms with Crippen molar-refractivity contribution >= 4 is 17.5 Å². The second-order valence-corrected chi connectivity index (χ2v) is 4.39. The molecule has 0 aromatic heterocycles. The van der Waals surface area contributed by atoms with Crippen molar-refractivity contribution in [2.45, 2.75) is 20.0 Å². The van der Waals surface area contributed by atoms with E-state index in [4.69, 9.17) is 20.1 Å². The van der Waals surface area contributed by atoms with Crippen molar-refractivity contribution in [3.63, 3.8) is 0 Å². The molecular formula is C15H16N2O4. The van der Waals surface area contributed by atoms with Crippen molar-refractivity contribution in [3.05, 3.63) is 30.3 Å². The van der Waals surface area contributed by atoms with E-state index in [0.29, 0.717) is 5.75 Å². The van der Waals surface area contributed by atoms with Gasteiger partial charge in [0.2, 0.25) is 0 Å². The van der Waals surface area contributed by atoms with Gasteiger partial charge in [0.25, 0.3) is 0 Å². The zero-order chi connectivity index (χ0) is 15.8. The fourth-order valence-electron chi connectivity index (χ4n) is 1.50. The fourth-order valence-corrected chi connectivity index (χ4v) is 1.50. The third kappa shape index (κ3) is 5.07. The molecule has 1 rings (SSSR count). The van der Waals surface area contributed by atoms with E-state index in [1.54, 1.807) is 30.3 Å². The number of ketones is 1. The molecule has 1 N–H and O–H groups in total. The second-order valence-electron chi connectivity index (χ2n) is 4.39. The summed E-state index contributed by atoms with van der Waals surface area (Å²) in [6, 6.07) is 10.4. The molecule has 0 spiro atoms. The van der Waals surface area contributed by atoms with E-state index in [1.165, 1.54) is 13.8 Å². The Morgan fingerprint density at radius 2 is 1.95 bits per heavy atom. The van der Waals surface area contributed by atoms with Crippen LogP contribution in [0.25, 0.3) is 0 Å². The third-order valence-corrected chi connectivity index (χ3v) is 2.63. The van der Waals surface area contributed by atoms with Crippen LogP contribution < -0.4 is 4.74 Å². The molecule has 0 unspecified atom stereocenters. The lowest BCUT2D eigenvalue weighted by Gasteiger charge is -2.14. The lowest BCUT2D eigenvalue weighted by atomic mass is 10.0. The van der Waals surface area contributed by atoms with Gasteiger partial charge >= 0.3 is 5.97 Å². The van der Waals surface area contributed by atoms with Crippen LogP contribution >= 0.6 is 0 Å². The minimum absolute atomic E-state index is 0.0767. The highest BCUT2D eigenvalue weighted by Crippen LogP contribution is 2.11. The number of Topliss-reactive ketones (excluding diaryl/α,β-unsaturated/α-hetero) is 1. The summed E-state index contributed by atoms with van der Waals surface area (Å²) < 4.78 is 10.2. The minimum Gasteiger partial charge on any atom is -0.479 e. The maximum absolute atomic E-state index is 11.7. The number of carbonyl (C=O) groups is 2. The molecule has 0 saturated heterocycles. The van der Waals surface area contributed by atoms with Crippen molar-refractivity contribution in [3.8, 4) is 11.8 Å². The lowest BCUT2D eigenvalue weighted by Crippen LogP contribution is -2.31. The normalized spacial score (nSPS) is 12.6. The first-order valence-corrected chi connectivity index (χ1v) is 6.31. The first-order valence-electron chi connectivity index (χ1n) is 6.31. The molecule has 0 radical (unpaired) electrons. The molecule has 110 valence electrons. The highest BCUT2D eigenvalue weighted by atomic mass is 16.6. The number of rotatable bonds is 7. The summed E-state index contributed by atoms with van der Waals surface area (Å²) in [4.78, 5) is 23.3. The Balaban J connectivity index is 2.48. The van der Waals surface area contributed by atoms with Gasteiger partial charge < -0.3 is 14.9 Å². The Bertz CT molecular complexity index is 563. The number of ether oxygens (including phenoxy) is 2. The van der Waals surface area contributed by atoms with Crippen LogP contribution in [-0.4, -0.2) is 30.2 Å². The summed E-state index contributed by atoms with van der Waals surface area (Å²) in [7, 11) is 0. The van der Waals surface area contributed by atoms with E-state index < -0.39 is 30.4 Å². The minimum atomic E-state index is -1.18. The van der Waals surface area contributed by atoms with Crippen molar-refractivity contribution in [1.29, 1.82) is 10.7 Å². The van der Waals surface area contributed by atoms with Gasteiger partial charge in [0.15, 0.2) is 18.5 Å². The van der Waals surface area contributed by atoms with Gasteiger partial charge in [0.05, 0.1) is 6.07 Å². The van der Waals surface area contributed by atoms with Gasteiger partial charge in [-0.25, -0.2) is 4.79 Å². The van der Waals surface area contributed by atoms with Crippen LogP contribution in [0, 0.1) is 22.7 Å². The van der Waals surface area contributed by atoms with Gasteiger partial charge in [-0.15, -0.1) is 0 Å². The summed E-state index contributed by atoms with van der Waals surface area (Å²) >= 11 is 0. The predicted molar refractivity (Wildman–Crippen MR) is 75.0 cm³/mol. The Morgan fingerprint density at radius 1 is 1.33 bits per heavy atom. The zero-order valence-corrected chi connectivity index (χ0v) is 11.8. The number of hydrogen-bond donors (Lipinski definition) is 1. The molecular weight excluding hydrogens is 272 g/mol. The van der Waals surface area contributed by atoms with Crippen LogP contribution in [0.3, 0.4) is 0 Å². The fraction of sp³-hybridized carbons (Fsp3) is 0.333. The molecule has 0 heterocycles. The number of carbonyl (C=O) groups excluding carboxylic acids is 2. The molecule has 2 atom stereocenters. The van der Waals surface area contributed by atoms with Gasteiger partial charge in [-0.1, -0.05) is 18.2 Å². The molecule has 6 heteroatoms. The van der Waals surface area contributed by atoms with E-state index in [0.717, 1.165) is 0 Å². The van der Waals surface area contributed by atoms with Gasteiger partial charge in [-0.2, -0.15) is 5.26 Å². The Hall–Kier alpha value is -2.68. The maximum atomic E-state index is 11.7. The molecule has 0 aliphatic rings. The topological polar surface area (TPSA) is 100 Å². The van der Waals surface area contributed by atoms with Crippen molar-refractivity contribution in [2.24, 2.45) is 5.92 Å². The first kappa shape index (κ1) is 16.4. The summed E-state index contributed by atoms with van der Waals surface area (Å²) in [5.74, 6) is -1.99. The smallest absolute Gasteiger partial charge is 0.347 e. The molecule has 21 heavy (non-hydrogen) atoms. The van der Waals surface area contributed by atoms with Gasteiger partial charge in [0.1, 0.15) is 11.7 Å². The van der Waals surface area contributed by atoms with Crippen LogP contribution in [0.2, 0.25) is 0 Å². The number of nitrogens with one attached hydrogen (secondary N) is 1. The van der Waals surface area contributed by atoms with Gasteiger partial charge in [-0.3, -0.25) is 4.79 Å². The molecule has 0 bridgehead atoms. The standard InChI is InChI=1S/C15H16N2O4/c1-10(17)13(8-16)14(18)9-20-15(19)11(2)21-12-6-4-3-5-7-12/h3-7,11,13,17H,9H2,1-2H3/t11-,13-/m1/s1. The lowest BCUT2D eigenvalue weighted by molar-refractivity contribution is -0.154. The third-order valence-electron chi connectivity index (χ3n) is 2.63. The van der Waals surface area contributed by atoms with E-state index in [1.807, 2.05) is 6.07 Å². The molecule has 6 nitrogen and oxygen atoms in total. The molecule has 0 fully saturated rings. The Kier molecular flexibility index (Phi) is 6.08. The quantitative estimate of drug-likeness (QED) is 0.608. The largest absolute Gasteiger partial charge is 0.479 e. The van der Waals surface area contributed by atoms with Crippen LogP contribution in [0.5, 0.6) is 5.75 Å². The van der Waals surface area contributed by atoms with Crippen molar-refractivity contribution in [2.75, 3.05) is 6.61 Å². The number of hydrogen-bond acceptors (Lipinski definition) is 6. The number of para-hydroxylation sites is 1. The molecule has 1 aromatic carbocycles. The Morgan fingerprint density at radius 3 is 2.48 bits per heavy atom. The molecule has 0 aliphatic carbocycles. The van der Waals surface area contributed by atoms with Crippen molar-refractivity contribution < 1.29 is 19.1 Å². The SMILES string of the molecule is CC(=N)[C@@H](C#N)C(=O)COC(=O)[C@@H](C)Oc1ccccc1. The van der Waals surface area contributed by atoms with Gasteiger partial charge in [0, 0.05) is 5.71 Å².